The first-order valence-electron chi connectivity index (χ1n) is 7.49. The van der Waals surface area contributed by atoms with Crippen LogP contribution < -0.4 is 5.73 Å². The Morgan fingerprint density at radius 2 is 1.74 bits per heavy atom. The smallest absolute Gasteiger partial charge is 0.293 e. The summed E-state index contributed by atoms with van der Waals surface area (Å²) in [6, 6.07) is 12.4. The molecule has 1 saturated carbocycles. The summed E-state index contributed by atoms with van der Waals surface area (Å²) in [5, 5.41) is 20.0. The van der Waals surface area contributed by atoms with E-state index in [1.807, 2.05) is 38.1 Å². The number of nitriles is 2. The lowest BCUT2D eigenvalue weighted by atomic mass is 9.84. The molecule has 3 atom stereocenters. The molecule has 0 amide bonds. The zero-order chi connectivity index (χ0) is 16.5. The van der Waals surface area contributed by atoms with E-state index in [2.05, 4.69) is 17.1 Å². The molecule has 0 unspecified atom stereocenters. The van der Waals surface area contributed by atoms with Crippen molar-refractivity contribution in [3.8, 4) is 12.1 Å². The Morgan fingerprint density at radius 1 is 1.13 bits per heavy atom. The number of hydrogen-bond acceptors (Lipinski definition) is 6. The molecular formula is C17H16N4O2. The van der Waals surface area contributed by atoms with E-state index in [0.717, 1.165) is 11.1 Å². The van der Waals surface area contributed by atoms with Crippen LogP contribution in [-0.4, -0.2) is 25.0 Å². The van der Waals surface area contributed by atoms with Crippen LogP contribution in [0.3, 0.4) is 0 Å². The van der Waals surface area contributed by atoms with E-state index in [4.69, 9.17) is 15.2 Å². The lowest BCUT2D eigenvalue weighted by Crippen LogP contribution is -2.42. The number of benzene rings is 1. The fourth-order valence-corrected chi connectivity index (χ4v) is 4.57. The Kier molecular flexibility index (Phi) is 2.42. The van der Waals surface area contributed by atoms with Crippen LogP contribution in [0.4, 0.5) is 0 Å². The van der Waals surface area contributed by atoms with E-state index in [1.54, 1.807) is 0 Å². The molecule has 2 fully saturated rings. The maximum atomic E-state index is 10.1. The Bertz CT molecular complexity index is 812. The summed E-state index contributed by atoms with van der Waals surface area (Å²) in [5.41, 5.74) is 4.74. The number of aryl methyl sites for hydroxylation is 1. The summed E-state index contributed by atoms with van der Waals surface area (Å²) in [6.07, 6.45) is 0. The van der Waals surface area contributed by atoms with Crippen LogP contribution in [0.5, 0.6) is 0 Å². The first-order chi connectivity index (χ1) is 11.0. The van der Waals surface area contributed by atoms with Crippen molar-refractivity contribution >= 4 is 5.84 Å². The molecule has 6 heteroatoms. The molecule has 1 aromatic rings. The van der Waals surface area contributed by atoms with Crippen LogP contribution in [-0.2, 0) is 14.9 Å². The zero-order valence-corrected chi connectivity index (χ0v) is 13.0. The number of aliphatic imine (C=N–C) groups is 1. The van der Waals surface area contributed by atoms with Crippen molar-refractivity contribution in [2.24, 2.45) is 21.6 Å². The van der Waals surface area contributed by atoms with Crippen molar-refractivity contribution in [1.82, 2.24) is 0 Å². The average molecular weight is 308 g/mol. The second-order valence-electron chi connectivity index (χ2n) is 6.49. The minimum absolute atomic E-state index is 0.117. The van der Waals surface area contributed by atoms with Crippen molar-refractivity contribution in [1.29, 1.82) is 10.5 Å². The average Bonchev–Trinajstić information content (AvgIpc) is 2.83. The van der Waals surface area contributed by atoms with Gasteiger partial charge in [0.1, 0.15) is 5.84 Å². The Balaban J connectivity index is 2.00. The number of nitrogens with zero attached hydrogens (tertiary/aromatic N) is 3. The molecule has 2 aliphatic heterocycles. The third-order valence-electron chi connectivity index (χ3n) is 5.77. The van der Waals surface area contributed by atoms with E-state index in [1.165, 1.54) is 0 Å². The SMILES string of the molecule is Cc1ccc([C@]2(C)[C@]3(C#N)C(N)=NC4(OCCO4)[C@@]32C#N)cc1. The van der Waals surface area contributed by atoms with E-state index in [0.29, 0.717) is 13.2 Å². The second kappa shape index (κ2) is 3.91. The first kappa shape index (κ1) is 14.2. The lowest BCUT2D eigenvalue weighted by Gasteiger charge is -2.29. The van der Waals surface area contributed by atoms with Crippen LogP contribution in [0.2, 0.25) is 0 Å². The van der Waals surface area contributed by atoms with Crippen LogP contribution in [0, 0.1) is 40.4 Å². The molecule has 23 heavy (non-hydrogen) atoms. The summed E-state index contributed by atoms with van der Waals surface area (Å²) >= 11 is 0. The molecule has 116 valence electrons. The van der Waals surface area contributed by atoms with Gasteiger partial charge in [-0.1, -0.05) is 36.8 Å². The molecule has 1 spiro atoms. The highest BCUT2D eigenvalue weighted by atomic mass is 16.8. The first-order valence-corrected chi connectivity index (χ1v) is 7.49. The summed E-state index contributed by atoms with van der Waals surface area (Å²) in [5.74, 6) is -1.37. The van der Waals surface area contributed by atoms with Crippen LogP contribution in [0.1, 0.15) is 18.1 Å². The predicted molar refractivity (Wildman–Crippen MR) is 80.9 cm³/mol. The van der Waals surface area contributed by atoms with E-state index < -0.39 is 22.2 Å². The highest BCUT2D eigenvalue weighted by molar-refractivity contribution is 6.02. The van der Waals surface area contributed by atoms with E-state index in [9.17, 15) is 10.5 Å². The fraction of sp³-hybridized carbons (Fsp3) is 0.471. The fourth-order valence-electron chi connectivity index (χ4n) is 4.57. The molecule has 6 nitrogen and oxygen atoms in total. The van der Waals surface area contributed by atoms with Crippen molar-refractivity contribution in [2.75, 3.05) is 13.2 Å². The van der Waals surface area contributed by atoms with Gasteiger partial charge in [0.05, 0.1) is 25.4 Å². The van der Waals surface area contributed by atoms with Gasteiger partial charge in [0, 0.05) is 5.41 Å². The highest BCUT2D eigenvalue weighted by Crippen LogP contribution is 2.85. The van der Waals surface area contributed by atoms with Crippen LogP contribution in [0.25, 0.3) is 0 Å². The number of fused-ring (bicyclic) bond motifs is 2. The van der Waals surface area contributed by atoms with E-state index >= 15 is 0 Å². The zero-order valence-electron chi connectivity index (χ0n) is 13.0. The lowest BCUT2D eigenvalue weighted by molar-refractivity contribution is -0.187. The third-order valence-corrected chi connectivity index (χ3v) is 5.77. The summed E-state index contributed by atoms with van der Waals surface area (Å²) in [4.78, 5) is 4.28. The van der Waals surface area contributed by atoms with Crippen molar-refractivity contribution < 1.29 is 9.47 Å². The van der Waals surface area contributed by atoms with Crippen LogP contribution in [0.15, 0.2) is 29.3 Å². The number of hydrogen-bond donors (Lipinski definition) is 1. The monoisotopic (exact) mass is 308 g/mol. The Morgan fingerprint density at radius 3 is 2.26 bits per heavy atom. The van der Waals surface area contributed by atoms with Crippen molar-refractivity contribution in [3.05, 3.63) is 35.4 Å². The molecule has 1 aliphatic carbocycles. The molecule has 1 saturated heterocycles. The Hall–Kier alpha value is -2.41. The molecule has 1 aromatic carbocycles. The number of nitrogens with two attached hydrogens (primary N) is 1. The van der Waals surface area contributed by atoms with Gasteiger partial charge in [0.25, 0.3) is 5.91 Å². The second-order valence-corrected chi connectivity index (χ2v) is 6.49. The van der Waals surface area contributed by atoms with Gasteiger partial charge in [-0.2, -0.15) is 10.5 Å². The van der Waals surface area contributed by atoms with Crippen molar-refractivity contribution in [3.63, 3.8) is 0 Å². The molecule has 3 aliphatic rings. The van der Waals surface area contributed by atoms with E-state index in [-0.39, 0.29) is 5.84 Å². The topological polar surface area (TPSA) is 104 Å². The predicted octanol–water partition coefficient (Wildman–Crippen LogP) is 1.36. The molecule has 0 aromatic heterocycles. The van der Waals surface area contributed by atoms with Gasteiger partial charge < -0.3 is 15.2 Å². The minimum Gasteiger partial charge on any atom is -0.386 e. The van der Waals surface area contributed by atoms with Gasteiger partial charge in [-0.15, -0.1) is 0 Å². The molecule has 0 radical (unpaired) electrons. The molecule has 2 N–H and O–H groups in total. The maximum absolute atomic E-state index is 10.1. The largest absolute Gasteiger partial charge is 0.386 e. The van der Waals surface area contributed by atoms with Gasteiger partial charge >= 0.3 is 0 Å². The summed E-state index contributed by atoms with van der Waals surface area (Å²) in [7, 11) is 0. The molecule has 0 bridgehead atoms. The van der Waals surface area contributed by atoms with Gasteiger partial charge in [0.2, 0.25) is 0 Å². The van der Waals surface area contributed by atoms with Gasteiger partial charge in [-0.3, -0.25) is 0 Å². The van der Waals surface area contributed by atoms with Gasteiger partial charge in [0.15, 0.2) is 10.8 Å². The third kappa shape index (κ3) is 1.12. The molecular weight excluding hydrogens is 292 g/mol. The quantitative estimate of drug-likeness (QED) is 0.843. The van der Waals surface area contributed by atoms with Crippen molar-refractivity contribution in [2.45, 2.75) is 25.2 Å². The summed E-state index contributed by atoms with van der Waals surface area (Å²) in [6.45, 7) is 4.51. The normalized spacial score (nSPS) is 39.4. The van der Waals surface area contributed by atoms with Gasteiger partial charge in [-0.05, 0) is 12.5 Å². The van der Waals surface area contributed by atoms with Gasteiger partial charge in [-0.25, -0.2) is 4.99 Å². The number of ether oxygens (including phenoxy) is 2. The summed E-state index contributed by atoms with van der Waals surface area (Å²) < 4.78 is 11.4. The molecule has 4 rings (SSSR count). The highest BCUT2D eigenvalue weighted by Gasteiger charge is 3.00. The maximum Gasteiger partial charge on any atom is 0.293 e. The number of amidine groups is 1. The Labute approximate surface area is 134 Å². The standard InChI is InChI=1S/C17H16N4O2/c1-11-3-5-12(6-4-11)14(2)15(9-18)13(20)21-17(16(14,15)10-19)22-7-8-23-17/h3-6H,7-8H2,1-2H3,(H2,20,21)/t14-,15+,16-/m1/s1. The van der Waals surface area contributed by atoms with Crippen LogP contribution >= 0.6 is 0 Å². The number of rotatable bonds is 1. The molecule has 2 heterocycles. The minimum atomic E-state index is -1.48.